The molecule has 0 saturated carbocycles. The van der Waals surface area contributed by atoms with Crippen LogP contribution in [0.5, 0.6) is 0 Å². The molecule has 0 fully saturated rings. The normalized spacial score (nSPS) is 14.0. The molecule has 234 valence electrons. The van der Waals surface area contributed by atoms with Gasteiger partial charge < -0.3 is 42.5 Å². The Morgan fingerprint density at radius 1 is 0.659 bits per heavy atom. The van der Waals surface area contributed by atoms with E-state index >= 15 is 0 Å². The summed E-state index contributed by atoms with van der Waals surface area (Å²) in [6.07, 6.45) is -0.436. The molecule has 5 amide bonds. The minimum absolute atomic E-state index is 0.0133. The van der Waals surface area contributed by atoms with Crippen LogP contribution in [0.3, 0.4) is 0 Å². The van der Waals surface area contributed by atoms with Gasteiger partial charge in [-0.05, 0) is 37.0 Å². The molecule has 0 aromatic carbocycles. The molecule has 41 heavy (non-hydrogen) atoms. The van der Waals surface area contributed by atoms with Crippen LogP contribution in [0.2, 0.25) is 0 Å². The summed E-state index contributed by atoms with van der Waals surface area (Å²) < 4.78 is 0. The monoisotopic (exact) mass is 586 g/mol. The molecule has 0 aliphatic rings. The largest absolute Gasteiger partial charge is 0.481 e. The summed E-state index contributed by atoms with van der Waals surface area (Å²) in [4.78, 5) is 85.7. The van der Waals surface area contributed by atoms with Crippen LogP contribution < -0.4 is 32.3 Å². The van der Waals surface area contributed by atoms with E-state index in [1.807, 2.05) is 13.8 Å². The van der Waals surface area contributed by atoms with Gasteiger partial charge in [-0.1, -0.05) is 41.5 Å². The standard InChI is InChI=1S/C26H46N6O9/c1-13(2)9-17(24(38)32-22(15(5)6)25(39)31-18(26(40)41)10-14(3)4)30-23(37)16(7-8-21(35)36)29-20(34)12-28-19(33)11-27/h13-18,22H,7-12,27H2,1-6H3,(H,28,33)(H,29,34)(H,30,37)(H,31,39)(H,32,38)(H,35,36)(H,40,41)/t16-,17-,18-,22-/m0/s1. The Balaban J connectivity index is 5.76. The van der Waals surface area contributed by atoms with Crippen LogP contribution in [0, 0.1) is 17.8 Å². The highest BCUT2D eigenvalue weighted by Crippen LogP contribution is 2.11. The molecular formula is C26H46N6O9. The topological polar surface area (TPSA) is 246 Å². The first-order chi connectivity index (χ1) is 19.0. The Hall–Kier alpha value is -3.75. The first kappa shape index (κ1) is 37.2. The molecule has 0 aliphatic heterocycles. The fourth-order valence-corrected chi connectivity index (χ4v) is 3.75. The van der Waals surface area contributed by atoms with Crippen LogP contribution in [0.1, 0.15) is 67.2 Å². The van der Waals surface area contributed by atoms with Crippen molar-refractivity contribution in [1.82, 2.24) is 26.6 Å². The lowest BCUT2D eigenvalue weighted by atomic mass is 9.98. The highest BCUT2D eigenvalue weighted by molar-refractivity contribution is 5.95. The van der Waals surface area contributed by atoms with Crippen molar-refractivity contribution in [2.24, 2.45) is 23.5 Å². The maximum absolute atomic E-state index is 13.3. The average molecular weight is 587 g/mol. The predicted molar refractivity (Wildman–Crippen MR) is 148 cm³/mol. The number of carboxylic acid groups (broad SMARTS) is 2. The van der Waals surface area contributed by atoms with Gasteiger partial charge in [-0.15, -0.1) is 0 Å². The van der Waals surface area contributed by atoms with E-state index in [0.29, 0.717) is 0 Å². The Bertz CT molecular complexity index is 938. The molecule has 15 nitrogen and oxygen atoms in total. The molecule has 0 unspecified atom stereocenters. The van der Waals surface area contributed by atoms with E-state index in [-0.39, 0.29) is 37.6 Å². The number of nitrogens with one attached hydrogen (secondary N) is 5. The van der Waals surface area contributed by atoms with E-state index < -0.39 is 84.5 Å². The lowest BCUT2D eigenvalue weighted by Crippen LogP contribution is -2.59. The van der Waals surface area contributed by atoms with E-state index in [0.717, 1.165) is 0 Å². The Kier molecular flexibility index (Phi) is 16.9. The number of carboxylic acids is 2. The first-order valence-electron chi connectivity index (χ1n) is 13.6. The van der Waals surface area contributed by atoms with Crippen molar-refractivity contribution in [2.75, 3.05) is 13.1 Å². The molecule has 0 spiro atoms. The van der Waals surface area contributed by atoms with Crippen LogP contribution in [-0.2, 0) is 33.6 Å². The zero-order chi connectivity index (χ0) is 31.9. The van der Waals surface area contributed by atoms with Gasteiger partial charge in [-0.25, -0.2) is 4.79 Å². The van der Waals surface area contributed by atoms with Crippen molar-refractivity contribution >= 4 is 41.5 Å². The van der Waals surface area contributed by atoms with Gasteiger partial charge in [0.05, 0.1) is 13.1 Å². The van der Waals surface area contributed by atoms with Crippen LogP contribution in [-0.4, -0.2) is 88.9 Å². The molecule has 0 aliphatic carbocycles. The van der Waals surface area contributed by atoms with Gasteiger partial charge in [0.15, 0.2) is 0 Å². The minimum atomic E-state index is -1.34. The van der Waals surface area contributed by atoms with Crippen molar-refractivity contribution < 1.29 is 43.8 Å². The number of carbonyl (C=O) groups excluding carboxylic acids is 5. The zero-order valence-electron chi connectivity index (χ0n) is 24.6. The smallest absolute Gasteiger partial charge is 0.326 e. The third kappa shape index (κ3) is 15.6. The summed E-state index contributed by atoms with van der Waals surface area (Å²) in [5.74, 6) is -6.59. The lowest BCUT2D eigenvalue weighted by molar-refractivity contribution is -0.143. The maximum atomic E-state index is 13.3. The van der Waals surface area contributed by atoms with E-state index in [1.54, 1.807) is 27.7 Å². The average Bonchev–Trinajstić information content (AvgIpc) is 2.85. The number of hydrogen-bond acceptors (Lipinski definition) is 8. The SMILES string of the molecule is CC(C)C[C@H](NC(=O)[C@@H](NC(=O)[C@H](CC(C)C)NC(=O)[C@H](CCC(=O)O)NC(=O)CNC(=O)CN)C(C)C)C(=O)O. The number of hydrogen-bond donors (Lipinski definition) is 8. The van der Waals surface area contributed by atoms with Gasteiger partial charge >= 0.3 is 11.9 Å². The molecule has 0 bridgehead atoms. The molecule has 9 N–H and O–H groups in total. The Morgan fingerprint density at radius 3 is 1.63 bits per heavy atom. The lowest BCUT2D eigenvalue weighted by Gasteiger charge is -2.28. The van der Waals surface area contributed by atoms with Crippen molar-refractivity contribution in [3.05, 3.63) is 0 Å². The third-order valence-corrected chi connectivity index (χ3v) is 5.84. The Morgan fingerprint density at radius 2 is 1.17 bits per heavy atom. The highest BCUT2D eigenvalue weighted by atomic mass is 16.4. The summed E-state index contributed by atoms with van der Waals surface area (Å²) in [6, 6.07) is -4.77. The van der Waals surface area contributed by atoms with Gasteiger partial charge in [-0.3, -0.25) is 28.8 Å². The van der Waals surface area contributed by atoms with Gasteiger partial charge in [-0.2, -0.15) is 0 Å². The van der Waals surface area contributed by atoms with Gasteiger partial charge in [0.2, 0.25) is 29.5 Å². The number of aliphatic carboxylic acids is 2. The predicted octanol–water partition coefficient (Wildman–Crippen LogP) is -1.30. The minimum Gasteiger partial charge on any atom is -0.481 e. The molecule has 0 aromatic rings. The quantitative estimate of drug-likeness (QED) is 0.0888. The molecule has 0 heterocycles. The second-order valence-corrected chi connectivity index (χ2v) is 11.0. The molecule has 4 atom stereocenters. The fourth-order valence-electron chi connectivity index (χ4n) is 3.75. The molecule has 0 radical (unpaired) electrons. The van der Waals surface area contributed by atoms with Crippen molar-refractivity contribution in [3.63, 3.8) is 0 Å². The van der Waals surface area contributed by atoms with E-state index in [9.17, 15) is 38.7 Å². The number of rotatable bonds is 19. The summed E-state index contributed by atoms with van der Waals surface area (Å²) in [5.41, 5.74) is 5.18. The second kappa shape index (κ2) is 18.6. The molecule has 0 rings (SSSR count). The molecule has 0 saturated heterocycles. The summed E-state index contributed by atoms with van der Waals surface area (Å²) in [5, 5.41) is 30.7. The molecule has 15 heteroatoms. The number of nitrogens with two attached hydrogens (primary N) is 1. The van der Waals surface area contributed by atoms with Crippen LogP contribution in [0.4, 0.5) is 0 Å². The van der Waals surface area contributed by atoms with Gasteiger partial charge in [0, 0.05) is 6.42 Å². The van der Waals surface area contributed by atoms with Gasteiger partial charge in [0.25, 0.3) is 0 Å². The van der Waals surface area contributed by atoms with Crippen LogP contribution in [0.15, 0.2) is 0 Å². The third-order valence-electron chi connectivity index (χ3n) is 5.84. The van der Waals surface area contributed by atoms with E-state index in [4.69, 9.17) is 10.8 Å². The fraction of sp³-hybridized carbons (Fsp3) is 0.731. The van der Waals surface area contributed by atoms with E-state index in [1.165, 1.54) is 0 Å². The number of amides is 5. The summed E-state index contributed by atoms with van der Waals surface area (Å²) in [7, 11) is 0. The highest BCUT2D eigenvalue weighted by Gasteiger charge is 2.33. The Labute approximate surface area is 240 Å². The van der Waals surface area contributed by atoms with Crippen molar-refractivity contribution in [1.29, 1.82) is 0 Å². The van der Waals surface area contributed by atoms with E-state index in [2.05, 4.69) is 26.6 Å². The van der Waals surface area contributed by atoms with Crippen molar-refractivity contribution in [2.45, 2.75) is 91.4 Å². The zero-order valence-corrected chi connectivity index (χ0v) is 24.6. The van der Waals surface area contributed by atoms with Crippen LogP contribution in [0.25, 0.3) is 0 Å². The molecular weight excluding hydrogens is 540 g/mol. The first-order valence-corrected chi connectivity index (χ1v) is 13.6. The summed E-state index contributed by atoms with van der Waals surface area (Å²) in [6.45, 7) is 9.70. The molecule has 0 aromatic heterocycles. The van der Waals surface area contributed by atoms with Crippen LogP contribution >= 0.6 is 0 Å². The van der Waals surface area contributed by atoms with Gasteiger partial charge in [0.1, 0.15) is 24.2 Å². The summed E-state index contributed by atoms with van der Waals surface area (Å²) >= 11 is 0. The maximum Gasteiger partial charge on any atom is 0.326 e. The number of carbonyl (C=O) groups is 7. The second-order valence-electron chi connectivity index (χ2n) is 11.0. The van der Waals surface area contributed by atoms with Crippen molar-refractivity contribution in [3.8, 4) is 0 Å².